The lowest BCUT2D eigenvalue weighted by Crippen LogP contribution is -2.38. The molecule has 3 nitrogen and oxygen atoms in total. The Morgan fingerprint density at radius 1 is 1.20 bits per heavy atom. The molecule has 1 N–H and O–H groups in total. The molecule has 114 valence electrons. The second-order valence-corrected chi connectivity index (χ2v) is 7.94. The van der Waals surface area contributed by atoms with Gasteiger partial charge < -0.3 is 5.11 Å². The maximum Gasteiger partial charge on any atom is 0.416 e. The van der Waals surface area contributed by atoms with Crippen LogP contribution in [0.4, 0.5) is 13.2 Å². The van der Waals surface area contributed by atoms with Gasteiger partial charge in [0.2, 0.25) is 0 Å². The van der Waals surface area contributed by atoms with Crippen molar-refractivity contribution in [2.45, 2.75) is 37.8 Å². The van der Waals surface area contributed by atoms with Gasteiger partial charge in [0.05, 0.1) is 16.4 Å². The zero-order valence-corrected chi connectivity index (χ0v) is 12.4. The van der Waals surface area contributed by atoms with Gasteiger partial charge in [0.25, 0.3) is 0 Å². The molecular weight excluding hydrogens is 293 g/mol. The van der Waals surface area contributed by atoms with Crippen molar-refractivity contribution >= 4 is 9.84 Å². The highest BCUT2D eigenvalue weighted by Crippen LogP contribution is 2.36. The first-order valence-electron chi connectivity index (χ1n) is 5.84. The van der Waals surface area contributed by atoms with E-state index in [9.17, 15) is 26.7 Å². The molecule has 0 saturated heterocycles. The van der Waals surface area contributed by atoms with E-state index < -0.39 is 32.4 Å². The van der Waals surface area contributed by atoms with Crippen molar-refractivity contribution in [3.8, 4) is 0 Å². The second kappa shape index (κ2) is 5.04. The Balaban J connectivity index is 3.30. The van der Waals surface area contributed by atoms with Gasteiger partial charge in [-0.05, 0) is 44.0 Å². The summed E-state index contributed by atoms with van der Waals surface area (Å²) in [5.74, 6) is 0. The number of sulfone groups is 1. The second-order valence-electron chi connectivity index (χ2n) is 5.35. The SMILES string of the molecule is Cc1cc(C(F)(F)F)ccc1C(O)C(C)(C)S(C)(=O)=O. The first kappa shape index (κ1) is 17.0. The molecule has 0 aromatic heterocycles. The molecule has 0 bridgehead atoms. The molecular formula is C13H17F3O3S. The van der Waals surface area contributed by atoms with Crippen molar-refractivity contribution < 1.29 is 26.7 Å². The largest absolute Gasteiger partial charge is 0.416 e. The van der Waals surface area contributed by atoms with E-state index in [-0.39, 0.29) is 11.1 Å². The predicted octanol–water partition coefficient (Wildman–Crippen LogP) is 2.87. The Morgan fingerprint density at radius 3 is 2.05 bits per heavy atom. The van der Waals surface area contributed by atoms with Crippen LogP contribution in [-0.4, -0.2) is 24.5 Å². The summed E-state index contributed by atoms with van der Waals surface area (Å²) in [6, 6.07) is 2.86. The summed E-state index contributed by atoms with van der Waals surface area (Å²) in [4.78, 5) is 0. The van der Waals surface area contributed by atoms with Crippen LogP contribution in [0.15, 0.2) is 18.2 Å². The third kappa shape index (κ3) is 3.15. The van der Waals surface area contributed by atoms with Gasteiger partial charge in [-0.1, -0.05) is 6.07 Å². The number of rotatable bonds is 3. The highest BCUT2D eigenvalue weighted by Gasteiger charge is 2.40. The fourth-order valence-corrected chi connectivity index (χ4v) is 2.27. The molecule has 0 saturated carbocycles. The van der Waals surface area contributed by atoms with Gasteiger partial charge in [0.1, 0.15) is 0 Å². The Labute approximate surface area is 116 Å². The standard InChI is InChI=1S/C13H17F3O3S/c1-8-7-9(13(14,15)16)5-6-10(8)11(17)12(2,3)20(4,18)19/h5-7,11,17H,1-4H3. The highest BCUT2D eigenvalue weighted by molar-refractivity contribution is 7.92. The van der Waals surface area contributed by atoms with Gasteiger partial charge in [-0.3, -0.25) is 0 Å². The molecule has 0 aliphatic rings. The highest BCUT2D eigenvalue weighted by atomic mass is 32.2. The van der Waals surface area contributed by atoms with Crippen molar-refractivity contribution in [3.05, 3.63) is 34.9 Å². The molecule has 0 aliphatic carbocycles. The van der Waals surface area contributed by atoms with Gasteiger partial charge in [-0.2, -0.15) is 13.2 Å². The number of aliphatic hydroxyl groups excluding tert-OH is 1. The van der Waals surface area contributed by atoms with Gasteiger partial charge >= 0.3 is 6.18 Å². The van der Waals surface area contributed by atoms with Crippen LogP contribution in [0.5, 0.6) is 0 Å². The van der Waals surface area contributed by atoms with Crippen molar-refractivity contribution in [1.82, 2.24) is 0 Å². The number of benzene rings is 1. The van der Waals surface area contributed by atoms with E-state index in [0.717, 1.165) is 24.5 Å². The molecule has 20 heavy (non-hydrogen) atoms. The topological polar surface area (TPSA) is 54.4 Å². The van der Waals surface area contributed by atoms with Crippen LogP contribution < -0.4 is 0 Å². The molecule has 0 fully saturated rings. The first-order valence-corrected chi connectivity index (χ1v) is 7.73. The summed E-state index contributed by atoms with van der Waals surface area (Å²) in [6.07, 6.45) is -4.89. The number of halogens is 3. The molecule has 0 spiro atoms. The minimum atomic E-state index is -4.47. The zero-order valence-electron chi connectivity index (χ0n) is 11.6. The summed E-state index contributed by atoms with van der Waals surface area (Å²) in [7, 11) is -3.58. The minimum Gasteiger partial charge on any atom is -0.387 e. The third-order valence-corrected chi connectivity index (χ3v) is 5.64. The lowest BCUT2D eigenvalue weighted by molar-refractivity contribution is -0.137. The molecule has 0 radical (unpaired) electrons. The molecule has 0 amide bonds. The van der Waals surface area contributed by atoms with Crippen LogP contribution >= 0.6 is 0 Å². The summed E-state index contributed by atoms with van der Waals surface area (Å²) in [5, 5.41) is 10.2. The van der Waals surface area contributed by atoms with E-state index in [0.29, 0.717) is 0 Å². The van der Waals surface area contributed by atoms with Crippen molar-refractivity contribution in [2.75, 3.05) is 6.26 Å². The fourth-order valence-electron chi connectivity index (χ4n) is 1.74. The van der Waals surface area contributed by atoms with Crippen LogP contribution in [0.1, 0.15) is 36.6 Å². The summed E-state index contributed by atoms with van der Waals surface area (Å²) < 4.78 is 59.5. The Bertz CT molecular complexity index is 604. The van der Waals surface area contributed by atoms with Crippen LogP contribution in [0.3, 0.4) is 0 Å². The Morgan fingerprint density at radius 2 is 1.70 bits per heavy atom. The number of alkyl halides is 3. The number of aryl methyl sites for hydroxylation is 1. The van der Waals surface area contributed by atoms with E-state index in [1.165, 1.54) is 20.8 Å². The van der Waals surface area contributed by atoms with Crippen LogP contribution in [-0.2, 0) is 16.0 Å². The van der Waals surface area contributed by atoms with Crippen molar-refractivity contribution in [2.24, 2.45) is 0 Å². The average Bonchev–Trinajstić information content (AvgIpc) is 2.25. The number of aliphatic hydroxyl groups is 1. The lowest BCUT2D eigenvalue weighted by Gasteiger charge is -2.30. The predicted molar refractivity (Wildman–Crippen MR) is 70.1 cm³/mol. The number of hydrogen-bond acceptors (Lipinski definition) is 3. The molecule has 1 aromatic carbocycles. The molecule has 1 atom stereocenters. The summed E-state index contributed by atoms with van der Waals surface area (Å²) in [5.41, 5.74) is -0.458. The molecule has 0 aliphatic heterocycles. The smallest absolute Gasteiger partial charge is 0.387 e. The molecule has 7 heteroatoms. The van der Waals surface area contributed by atoms with Crippen molar-refractivity contribution in [1.29, 1.82) is 0 Å². The van der Waals surface area contributed by atoms with Crippen molar-refractivity contribution in [3.63, 3.8) is 0 Å². The van der Waals surface area contributed by atoms with Crippen LogP contribution in [0.2, 0.25) is 0 Å². The van der Waals surface area contributed by atoms with Gasteiger partial charge in [-0.15, -0.1) is 0 Å². The van der Waals surface area contributed by atoms with E-state index in [4.69, 9.17) is 0 Å². The van der Waals surface area contributed by atoms with Gasteiger partial charge in [0, 0.05) is 6.26 Å². The maximum atomic E-state index is 12.6. The van der Waals surface area contributed by atoms with Gasteiger partial charge in [-0.25, -0.2) is 8.42 Å². The van der Waals surface area contributed by atoms with Crippen LogP contribution in [0, 0.1) is 6.92 Å². The number of hydrogen-bond donors (Lipinski definition) is 1. The molecule has 0 heterocycles. The van der Waals surface area contributed by atoms with Crippen LogP contribution in [0.25, 0.3) is 0 Å². The Kier molecular flexibility index (Phi) is 4.27. The molecule has 1 unspecified atom stereocenters. The van der Waals surface area contributed by atoms with Gasteiger partial charge in [0.15, 0.2) is 9.84 Å². The normalized spacial score (nSPS) is 15.2. The third-order valence-electron chi connectivity index (χ3n) is 3.51. The minimum absolute atomic E-state index is 0.174. The maximum absolute atomic E-state index is 12.6. The quantitative estimate of drug-likeness (QED) is 0.934. The van der Waals surface area contributed by atoms with E-state index in [2.05, 4.69) is 0 Å². The monoisotopic (exact) mass is 310 g/mol. The molecule has 1 aromatic rings. The average molecular weight is 310 g/mol. The summed E-state index contributed by atoms with van der Waals surface area (Å²) >= 11 is 0. The zero-order chi connectivity index (χ0) is 15.9. The summed E-state index contributed by atoms with van der Waals surface area (Å²) in [6.45, 7) is 4.08. The Hall–Kier alpha value is -1.08. The van der Waals surface area contributed by atoms with E-state index >= 15 is 0 Å². The van der Waals surface area contributed by atoms with E-state index in [1.807, 2.05) is 0 Å². The lowest BCUT2D eigenvalue weighted by atomic mass is 9.93. The van der Waals surface area contributed by atoms with E-state index in [1.54, 1.807) is 0 Å². The fraction of sp³-hybridized carbons (Fsp3) is 0.538. The molecule has 1 rings (SSSR count). The first-order chi connectivity index (χ1) is 8.78.